The molecule has 1 aliphatic rings. The number of carbonyl (C=O) groups is 2. The van der Waals surface area contributed by atoms with E-state index in [-0.39, 0.29) is 18.2 Å². The van der Waals surface area contributed by atoms with Gasteiger partial charge in [-0.2, -0.15) is 0 Å². The van der Waals surface area contributed by atoms with Crippen LogP contribution in [0.25, 0.3) is 0 Å². The zero-order chi connectivity index (χ0) is 14.3. The molecule has 0 unspecified atom stereocenters. The van der Waals surface area contributed by atoms with Crippen LogP contribution in [0.2, 0.25) is 0 Å². The molecule has 0 aromatic carbocycles. The topological polar surface area (TPSA) is 66.4 Å². The van der Waals surface area contributed by atoms with Gasteiger partial charge in [0.1, 0.15) is 0 Å². The van der Waals surface area contributed by atoms with Gasteiger partial charge in [-0.25, -0.2) is 0 Å². The number of hydrogen-bond acceptors (Lipinski definition) is 2. The van der Waals surface area contributed by atoms with Crippen molar-refractivity contribution in [3.63, 3.8) is 0 Å². The Morgan fingerprint density at radius 2 is 1.63 bits per heavy atom. The van der Waals surface area contributed by atoms with Crippen LogP contribution >= 0.6 is 0 Å². The van der Waals surface area contributed by atoms with Crippen molar-refractivity contribution in [3.05, 3.63) is 0 Å². The number of carboxylic acids is 1. The van der Waals surface area contributed by atoms with E-state index in [0.29, 0.717) is 6.42 Å². The number of hydrogen-bond donors (Lipinski definition) is 2. The molecule has 1 aliphatic carbocycles. The molecule has 0 saturated heterocycles. The fourth-order valence-corrected chi connectivity index (χ4v) is 2.64. The van der Waals surface area contributed by atoms with Gasteiger partial charge in [0.2, 0.25) is 5.91 Å². The summed E-state index contributed by atoms with van der Waals surface area (Å²) >= 11 is 0. The Kier molecular flexibility index (Phi) is 6.32. The highest BCUT2D eigenvalue weighted by atomic mass is 16.4. The Labute approximate surface area is 116 Å². The van der Waals surface area contributed by atoms with Crippen LogP contribution in [0.5, 0.6) is 0 Å². The fraction of sp³-hybridized carbons (Fsp3) is 0.867. The highest BCUT2D eigenvalue weighted by Crippen LogP contribution is 2.23. The lowest BCUT2D eigenvalue weighted by molar-refractivity contribution is -0.138. The summed E-state index contributed by atoms with van der Waals surface area (Å²) in [5.41, 5.74) is -0.433. The van der Waals surface area contributed by atoms with E-state index in [4.69, 9.17) is 5.11 Å². The highest BCUT2D eigenvalue weighted by Gasteiger charge is 2.26. The summed E-state index contributed by atoms with van der Waals surface area (Å²) < 4.78 is 0. The maximum Gasteiger partial charge on any atom is 0.303 e. The first-order chi connectivity index (χ1) is 8.91. The molecule has 4 heteroatoms. The minimum absolute atomic E-state index is 0.0952. The maximum absolute atomic E-state index is 12.3. The van der Waals surface area contributed by atoms with Crippen molar-refractivity contribution in [1.29, 1.82) is 0 Å². The summed E-state index contributed by atoms with van der Waals surface area (Å²) in [6, 6.07) is 0. The van der Waals surface area contributed by atoms with E-state index in [9.17, 15) is 9.59 Å². The predicted molar refractivity (Wildman–Crippen MR) is 74.9 cm³/mol. The SMILES string of the molecule is CC(C)(CCC(=O)O)NC(=O)C1CCCCCCC1. The average molecular weight is 269 g/mol. The van der Waals surface area contributed by atoms with Crippen LogP contribution in [0.4, 0.5) is 0 Å². The van der Waals surface area contributed by atoms with E-state index in [1.54, 1.807) is 0 Å². The van der Waals surface area contributed by atoms with Gasteiger partial charge in [0.05, 0.1) is 0 Å². The second kappa shape index (κ2) is 7.51. The number of amides is 1. The number of rotatable bonds is 5. The summed E-state index contributed by atoms with van der Waals surface area (Å²) in [5.74, 6) is -0.588. The second-order valence-electron chi connectivity index (χ2n) is 6.31. The third kappa shape index (κ3) is 6.60. The highest BCUT2D eigenvalue weighted by molar-refractivity contribution is 5.79. The first kappa shape index (κ1) is 16.0. The number of carbonyl (C=O) groups excluding carboxylic acids is 1. The average Bonchev–Trinajstić information content (AvgIpc) is 2.25. The molecule has 1 amide bonds. The van der Waals surface area contributed by atoms with Gasteiger partial charge in [-0.05, 0) is 33.1 Å². The Bertz CT molecular complexity index is 305. The van der Waals surface area contributed by atoms with Crippen molar-refractivity contribution in [2.75, 3.05) is 0 Å². The summed E-state index contributed by atoms with van der Waals surface area (Å²) in [4.78, 5) is 22.9. The molecule has 0 aromatic heterocycles. The van der Waals surface area contributed by atoms with Crippen LogP contribution in [-0.2, 0) is 9.59 Å². The molecule has 0 aliphatic heterocycles. The normalized spacial score (nSPS) is 18.4. The Morgan fingerprint density at radius 3 is 2.16 bits per heavy atom. The molecule has 4 nitrogen and oxygen atoms in total. The van der Waals surface area contributed by atoms with E-state index < -0.39 is 11.5 Å². The van der Waals surface area contributed by atoms with Crippen molar-refractivity contribution >= 4 is 11.9 Å². The van der Waals surface area contributed by atoms with Gasteiger partial charge >= 0.3 is 5.97 Å². The smallest absolute Gasteiger partial charge is 0.303 e. The lowest BCUT2D eigenvalue weighted by Gasteiger charge is -2.29. The van der Waals surface area contributed by atoms with Crippen LogP contribution in [-0.4, -0.2) is 22.5 Å². The van der Waals surface area contributed by atoms with Gasteiger partial charge in [0, 0.05) is 17.9 Å². The molecule has 0 radical (unpaired) electrons. The third-order valence-corrected chi connectivity index (χ3v) is 3.90. The molecule has 2 N–H and O–H groups in total. The minimum Gasteiger partial charge on any atom is -0.481 e. The van der Waals surface area contributed by atoms with Gasteiger partial charge in [0.15, 0.2) is 0 Å². The fourth-order valence-electron chi connectivity index (χ4n) is 2.64. The van der Waals surface area contributed by atoms with Crippen molar-refractivity contribution in [2.45, 2.75) is 77.2 Å². The molecule has 0 atom stereocenters. The molecular weight excluding hydrogens is 242 g/mol. The van der Waals surface area contributed by atoms with Crippen molar-refractivity contribution in [1.82, 2.24) is 5.32 Å². The van der Waals surface area contributed by atoms with Crippen LogP contribution < -0.4 is 5.32 Å². The molecule has 1 rings (SSSR count). The summed E-state index contributed by atoms with van der Waals surface area (Å²) in [6.45, 7) is 3.80. The van der Waals surface area contributed by atoms with Crippen LogP contribution in [0.1, 0.15) is 71.6 Å². The first-order valence-corrected chi connectivity index (χ1v) is 7.44. The molecule has 0 aromatic rings. The second-order valence-corrected chi connectivity index (χ2v) is 6.31. The first-order valence-electron chi connectivity index (χ1n) is 7.44. The van der Waals surface area contributed by atoms with Gasteiger partial charge in [-0.15, -0.1) is 0 Å². The van der Waals surface area contributed by atoms with E-state index in [2.05, 4.69) is 5.32 Å². The standard InChI is InChI=1S/C15H27NO3/c1-15(2,11-10-13(17)18)16-14(19)12-8-6-4-3-5-7-9-12/h12H,3-11H2,1-2H3,(H,16,19)(H,17,18). The third-order valence-electron chi connectivity index (χ3n) is 3.90. The minimum atomic E-state index is -0.812. The number of carboxylic acid groups (broad SMARTS) is 1. The summed E-state index contributed by atoms with van der Waals surface area (Å²) in [7, 11) is 0. The molecule has 110 valence electrons. The number of aliphatic carboxylic acids is 1. The quantitative estimate of drug-likeness (QED) is 0.806. The summed E-state index contributed by atoms with van der Waals surface area (Å²) in [6.07, 6.45) is 8.53. The van der Waals surface area contributed by atoms with Gasteiger partial charge in [-0.1, -0.05) is 32.1 Å². The lowest BCUT2D eigenvalue weighted by atomic mass is 9.89. The van der Waals surface area contributed by atoms with Crippen LogP contribution in [0, 0.1) is 5.92 Å². The Balaban J connectivity index is 2.44. The van der Waals surface area contributed by atoms with Crippen molar-refractivity contribution in [3.8, 4) is 0 Å². The van der Waals surface area contributed by atoms with Gasteiger partial charge in [-0.3, -0.25) is 9.59 Å². The van der Waals surface area contributed by atoms with E-state index in [1.807, 2.05) is 13.8 Å². The summed E-state index contributed by atoms with van der Waals surface area (Å²) in [5, 5.41) is 11.7. The Morgan fingerprint density at radius 1 is 1.11 bits per heavy atom. The van der Waals surface area contributed by atoms with Crippen LogP contribution in [0.15, 0.2) is 0 Å². The van der Waals surface area contributed by atoms with E-state index >= 15 is 0 Å². The number of nitrogens with one attached hydrogen (secondary N) is 1. The molecule has 19 heavy (non-hydrogen) atoms. The Hall–Kier alpha value is -1.06. The van der Waals surface area contributed by atoms with E-state index in [0.717, 1.165) is 25.7 Å². The van der Waals surface area contributed by atoms with E-state index in [1.165, 1.54) is 19.3 Å². The zero-order valence-electron chi connectivity index (χ0n) is 12.2. The molecule has 0 bridgehead atoms. The lowest BCUT2D eigenvalue weighted by Crippen LogP contribution is -2.46. The molecule has 1 saturated carbocycles. The monoisotopic (exact) mass is 269 g/mol. The molecular formula is C15H27NO3. The van der Waals surface area contributed by atoms with Crippen LogP contribution in [0.3, 0.4) is 0 Å². The maximum atomic E-state index is 12.3. The molecule has 0 heterocycles. The predicted octanol–water partition coefficient (Wildman–Crippen LogP) is 3.11. The molecule has 0 spiro atoms. The van der Waals surface area contributed by atoms with Gasteiger partial charge < -0.3 is 10.4 Å². The largest absolute Gasteiger partial charge is 0.481 e. The molecule has 1 fully saturated rings. The van der Waals surface area contributed by atoms with Crippen molar-refractivity contribution in [2.24, 2.45) is 5.92 Å². The van der Waals surface area contributed by atoms with Gasteiger partial charge in [0.25, 0.3) is 0 Å². The zero-order valence-corrected chi connectivity index (χ0v) is 12.2. The van der Waals surface area contributed by atoms with Crippen molar-refractivity contribution < 1.29 is 14.7 Å².